The lowest BCUT2D eigenvalue weighted by molar-refractivity contribution is 0.102. The van der Waals surface area contributed by atoms with E-state index in [9.17, 15) is 9.90 Å². The van der Waals surface area contributed by atoms with Crippen molar-refractivity contribution in [3.8, 4) is 11.4 Å². The van der Waals surface area contributed by atoms with Gasteiger partial charge in [-0.2, -0.15) is 0 Å². The molecule has 0 bridgehead atoms. The van der Waals surface area contributed by atoms with E-state index in [1.165, 1.54) is 16.9 Å². The molecular formula is C16H13ClN4O2. The highest BCUT2D eigenvalue weighted by molar-refractivity contribution is 6.31. The highest BCUT2D eigenvalue weighted by Crippen LogP contribution is 2.21. The van der Waals surface area contributed by atoms with E-state index >= 15 is 0 Å². The third-order valence-electron chi connectivity index (χ3n) is 3.27. The van der Waals surface area contributed by atoms with Gasteiger partial charge in [-0.05, 0) is 36.8 Å². The Kier molecular flexibility index (Phi) is 3.99. The summed E-state index contributed by atoms with van der Waals surface area (Å²) in [7, 11) is 0. The minimum Gasteiger partial charge on any atom is -0.508 e. The number of nitrogens with one attached hydrogen (secondary N) is 1. The molecule has 0 spiro atoms. The van der Waals surface area contributed by atoms with E-state index < -0.39 is 0 Å². The molecule has 0 aliphatic heterocycles. The summed E-state index contributed by atoms with van der Waals surface area (Å²) in [5, 5.41) is 20.5. The molecule has 0 atom stereocenters. The largest absolute Gasteiger partial charge is 0.508 e. The van der Waals surface area contributed by atoms with Crippen molar-refractivity contribution in [1.29, 1.82) is 0 Å². The molecule has 0 saturated carbocycles. The van der Waals surface area contributed by atoms with Crippen molar-refractivity contribution >= 4 is 23.2 Å². The maximum Gasteiger partial charge on any atom is 0.277 e. The van der Waals surface area contributed by atoms with Crippen LogP contribution in [0, 0.1) is 6.92 Å². The Morgan fingerprint density at radius 1 is 1.26 bits per heavy atom. The van der Waals surface area contributed by atoms with Crippen molar-refractivity contribution in [1.82, 2.24) is 15.0 Å². The fourth-order valence-corrected chi connectivity index (χ4v) is 2.22. The van der Waals surface area contributed by atoms with Gasteiger partial charge in [-0.3, -0.25) is 4.79 Å². The maximum atomic E-state index is 12.3. The molecule has 3 rings (SSSR count). The third kappa shape index (κ3) is 3.32. The highest BCUT2D eigenvalue weighted by Gasteiger charge is 2.13. The number of hydrogen-bond donors (Lipinski definition) is 2. The van der Waals surface area contributed by atoms with Crippen LogP contribution in [0.4, 0.5) is 5.69 Å². The van der Waals surface area contributed by atoms with Crippen LogP contribution < -0.4 is 5.32 Å². The van der Waals surface area contributed by atoms with Gasteiger partial charge in [0.2, 0.25) is 0 Å². The van der Waals surface area contributed by atoms with Crippen LogP contribution in [0.3, 0.4) is 0 Å². The van der Waals surface area contributed by atoms with E-state index in [1.54, 1.807) is 30.3 Å². The lowest BCUT2D eigenvalue weighted by Gasteiger charge is -2.07. The van der Waals surface area contributed by atoms with E-state index in [2.05, 4.69) is 15.6 Å². The highest BCUT2D eigenvalue weighted by atomic mass is 35.5. The number of aromatic nitrogens is 3. The summed E-state index contributed by atoms with van der Waals surface area (Å²) in [6.45, 7) is 1.87. The summed E-state index contributed by atoms with van der Waals surface area (Å²) >= 11 is 5.94. The molecule has 6 nitrogen and oxygen atoms in total. The molecule has 7 heteroatoms. The SMILES string of the molecule is Cc1ccc(Cl)cc1NC(=O)c1cn(-c2cccc(O)c2)nn1. The first-order valence-corrected chi connectivity index (χ1v) is 7.20. The smallest absolute Gasteiger partial charge is 0.277 e. The van der Waals surface area contributed by atoms with Crippen LogP contribution in [0.2, 0.25) is 5.02 Å². The Morgan fingerprint density at radius 2 is 2.09 bits per heavy atom. The van der Waals surface area contributed by atoms with Crippen LogP contribution in [0.15, 0.2) is 48.7 Å². The molecule has 2 aromatic carbocycles. The van der Waals surface area contributed by atoms with Crippen LogP contribution >= 0.6 is 11.6 Å². The molecule has 0 unspecified atom stereocenters. The number of carbonyl (C=O) groups excluding carboxylic acids is 1. The second kappa shape index (κ2) is 6.10. The topological polar surface area (TPSA) is 80.0 Å². The molecule has 1 aromatic heterocycles. The first-order valence-electron chi connectivity index (χ1n) is 6.82. The minimum absolute atomic E-state index is 0.110. The zero-order chi connectivity index (χ0) is 16.4. The summed E-state index contributed by atoms with van der Waals surface area (Å²) in [6, 6.07) is 11.8. The van der Waals surface area contributed by atoms with Gasteiger partial charge in [-0.15, -0.1) is 5.10 Å². The minimum atomic E-state index is -0.387. The summed E-state index contributed by atoms with van der Waals surface area (Å²) in [4.78, 5) is 12.3. The fraction of sp³-hybridized carbons (Fsp3) is 0.0625. The standard InChI is InChI=1S/C16H13ClN4O2/c1-10-5-6-11(17)7-14(10)18-16(23)15-9-21(20-19-15)12-3-2-4-13(22)8-12/h2-9,22H,1H3,(H,18,23). The average molecular weight is 329 g/mol. The number of benzene rings is 2. The Morgan fingerprint density at radius 3 is 2.87 bits per heavy atom. The molecule has 0 radical (unpaired) electrons. The summed E-state index contributed by atoms with van der Waals surface area (Å²) in [5.41, 5.74) is 2.28. The first-order chi connectivity index (χ1) is 11.0. The normalized spacial score (nSPS) is 10.5. The van der Waals surface area contributed by atoms with Crippen LogP contribution in [0.25, 0.3) is 5.69 Å². The molecule has 0 aliphatic rings. The molecule has 3 aromatic rings. The number of hydrogen-bond acceptors (Lipinski definition) is 4. The Bertz CT molecular complexity index is 876. The molecule has 1 amide bonds. The Balaban J connectivity index is 1.82. The molecule has 0 aliphatic carbocycles. The summed E-state index contributed by atoms with van der Waals surface area (Å²) < 4.78 is 1.42. The van der Waals surface area contributed by atoms with Gasteiger partial charge in [0.05, 0.1) is 11.9 Å². The van der Waals surface area contributed by atoms with Crippen molar-refractivity contribution in [2.45, 2.75) is 6.92 Å². The number of rotatable bonds is 3. The number of carbonyl (C=O) groups is 1. The second-order valence-corrected chi connectivity index (χ2v) is 5.42. The number of phenols is 1. The number of nitrogens with zero attached hydrogens (tertiary/aromatic N) is 3. The number of phenolic OH excluding ortho intramolecular Hbond substituents is 1. The summed E-state index contributed by atoms with van der Waals surface area (Å²) in [5.74, 6) is -0.277. The monoisotopic (exact) mass is 328 g/mol. The molecule has 1 heterocycles. The van der Waals surface area contributed by atoms with Crippen molar-refractivity contribution in [3.05, 3.63) is 64.9 Å². The second-order valence-electron chi connectivity index (χ2n) is 4.98. The maximum absolute atomic E-state index is 12.3. The van der Waals surface area contributed by atoms with E-state index in [4.69, 9.17) is 11.6 Å². The van der Waals surface area contributed by atoms with E-state index in [0.717, 1.165) is 5.56 Å². The van der Waals surface area contributed by atoms with Gasteiger partial charge >= 0.3 is 0 Å². The Hall–Kier alpha value is -2.86. The van der Waals surface area contributed by atoms with Crippen molar-refractivity contribution in [2.75, 3.05) is 5.32 Å². The van der Waals surface area contributed by atoms with Gasteiger partial charge in [-0.1, -0.05) is 28.9 Å². The van der Waals surface area contributed by atoms with E-state index in [1.807, 2.05) is 13.0 Å². The van der Waals surface area contributed by atoms with Crippen LogP contribution in [-0.4, -0.2) is 26.0 Å². The predicted octanol–water partition coefficient (Wildman–Crippen LogP) is 3.19. The molecule has 116 valence electrons. The van der Waals surface area contributed by atoms with Crippen LogP contribution in [0.1, 0.15) is 16.1 Å². The van der Waals surface area contributed by atoms with Gasteiger partial charge in [0.1, 0.15) is 5.75 Å². The first kappa shape index (κ1) is 15.1. The number of aromatic hydroxyl groups is 1. The molecular weight excluding hydrogens is 316 g/mol. The van der Waals surface area contributed by atoms with Gasteiger partial charge in [0.25, 0.3) is 5.91 Å². The zero-order valence-corrected chi connectivity index (χ0v) is 12.9. The lowest BCUT2D eigenvalue weighted by atomic mass is 10.2. The zero-order valence-electron chi connectivity index (χ0n) is 12.2. The number of halogens is 1. The Labute approximate surface area is 137 Å². The van der Waals surface area contributed by atoms with Crippen LogP contribution in [0.5, 0.6) is 5.75 Å². The number of amides is 1. The van der Waals surface area contributed by atoms with Gasteiger partial charge < -0.3 is 10.4 Å². The number of aryl methyl sites for hydroxylation is 1. The van der Waals surface area contributed by atoms with E-state index in [-0.39, 0.29) is 17.4 Å². The fourth-order valence-electron chi connectivity index (χ4n) is 2.04. The lowest BCUT2D eigenvalue weighted by Crippen LogP contribution is -2.13. The predicted molar refractivity (Wildman–Crippen MR) is 87.2 cm³/mol. The molecule has 0 fully saturated rings. The summed E-state index contributed by atoms with van der Waals surface area (Å²) in [6.07, 6.45) is 1.49. The van der Waals surface area contributed by atoms with Crippen molar-refractivity contribution < 1.29 is 9.90 Å². The average Bonchev–Trinajstić information content (AvgIpc) is 3.01. The third-order valence-corrected chi connectivity index (χ3v) is 3.50. The van der Waals surface area contributed by atoms with Gasteiger partial charge in [-0.25, -0.2) is 4.68 Å². The molecule has 0 saturated heterocycles. The quantitative estimate of drug-likeness (QED) is 0.773. The van der Waals surface area contributed by atoms with E-state index in [0.29, 0.717) is 16.4 Å². The molecule has 23 heavy (non-hydrogen) atoms. The van der Waals surface area contributed by atoms with Gasteiger partial charge in [0, 0.05) is 16.8 Å². The van der Waals surface area contributed by atoms with Crippen LogP contribution in [-0.2, 0) is 0 Å². The number of anilines is 1. The van der Waals surface area contributed by atoms with Crippen molar-refractivity contribution in [2.24, 2.45) is 0 Å². The molecule has 2 N–H and O–H groups in total. The van der Waals surface area contributed by atoms with Gasteiger partial charge in [0.15, 0.2) is 5.69 Å². The van der Waals surface area contributed by atoms with Crippen molar-refractivity contribution in [3.63, 3.8) is 0 Å².